The second-order valence-electron chi connectivity index (χ2n) is 3.98. The van der Waals surface area contributed by atoms with Crippen molar-refractivity contribution in [1.29, 1.82) is 0 Å². The molecule has 2 rings (SSSR count). The van der Waals surface area contributed by atoms with Crippen molar-refractivity contribution in [3.05, 3.63) is 28.3 Å². The quantitative estimate of drug-likeness (QED) is 0.815. The molecule has 0 aromatic heterocycles. The fourth-order valence-corrected chi connectivity index (χ4v) is 2.12. The first kappa shape index (κ1) is 10.3. The molecule has 1 saturated carbocycles. The van der Waals surface area contributed by atoms with Crippen molar-refractivity contribution < 1.29 is 15.0 Å². The Morgan fingerprint density at radius 1 is 1.47 bits per heavy atom. The molecule has 1 aromatic carbocycles. The van der Waals surface area contributed by atoms with Gasteiger partial charge < -0.3 is 10.2 Å². The van der Waals surface area contributed by atoms with Crippen molar-refractivity contribution in [3.8, 4) is 5.75 Å². The number of carboxylic acids is 1. The van der Waals surface area contributed by atoms with Crippen LogP contribution in [0.2, 0.25) is 5.02 Å². The molecule has 0 radical (unpaired) electrons. The number of aryl methyl sites for hydroxylation is 1. The molecule has 1 fully saturated rings. The third-order valence-corrected chi connectivity index (χ3v) is 3.28. The van der Waals surface area contributed by atoms with Gasteiger partial charge in [-0.3, -0.25) is 4.79 Å². The normalized spacial score (nSPS) is 17.5. The van der Waals surface area contributed by atoms with Gasteiger partial charge in [-0.2, -0.15) is 0 Å². The second-order valence-corrected chi connectivity index (χ2v) is 4.38. The first-order valence-electron chi connectivity index (χ1n) is 4.71. The molecule has 0 bridgehead atoms. The number of carbonyl (C=O) groups is 1. The Balaban J connectivity index is 2.62. The molecule has 0 heterocycles. The number of benzene rings is 1. The number of phenols is 1. The number of halogens is 1. The lowest BCUT2D eigenvalue weighted by atomic mass is 9.91. The minimum atomic E-state index is -0.904. The summed E-state index contributed by atoms with van der Waals surface area (Å²) in [7, 11) is 0. The van der Waals surface area contributed by atoms with Gasteiger partial charge in [0.2, 0.25) is 0 Å². The highest BCUT2D eigenvalue weighted by Gasteiger charge is 2.54. The van der Waals surface area contributed by atoms with Crippen molar-refractivity contribution in [2.75, 3.05) is 0 Å². The van der Waals surface area contributed by atoms with E-state index in [1.165, 1.54) is 0 Å². The molecule has 1 aromatic rings. The van der Waals surface area contributed by atoms with Crippen molar-refractivity contribution in [2.45, 2.75) is 25.2 Å². The maximum atomic E-state index is 11.1. The van der Waals surface area contributed by atoms with Crippen LogP contribution in [0.15, 0.2) is 12.1 Å². The number of aliphatic carboxylic acids is 1. The highest BCUT2D eigenvalue weighted by Crippen LogP contribution is 2.53. The van der Waals surface area contributed by atoms with Crippen LogP contribution >= 0.6 is 11.6 Å². The van der Waals surface area contributed by atoms with Crippen LogP contribution in [0.5, 0.6) is 5.75 Å². The Kier molecular flexibility index (Phi) is 2.15. The van der Waals surface area contributed by atoms with Crippen molar-refractivity contribution >= 4 is 17.6 Å². The van der Waals surface area contributed by atoms with E-state index < -0.39 is 11.4 Å². The number of aromatic hydroxyl groups is 1. The van der Waals surface area contributed by atoms with Gasteiger partial charge in [0.25, 0.3) is 0 Å². The Hall–Kier alpha value is -1.22. The van der Waals surface area contributed by atoms with Crippen molar-refractivity contribution in [3.63, 3.8) is 0 Å². The summed E-state index contributed by atoms with van der Waals surface area (Å²) in [6.07, 6.45) is 1.13. The van der Waals surface area contributed by atoms with Gasteiger partial charge in [0.1, 0.15) is 5.75 Å². The maximum absolute atomic E-state index is 11.1. The number of carboxylic acid groups (broad SMARTS) is 1. The van der Waals surface area contributed by atoms with E-state index in [1.807, 2.05) is 0 Å². The van der Waals surface area contributed by atoms with Crippen molar-refractivity contribution in [1.82, 2.24) is 0 Å². The fraction of sp³-hybridized carbons (Fsp3) is 0.364. The minimum Gasteiger partial charge on any atom is -0.506 e. The van der Waals surface area contributed by atoms with Gasteiger partial charge in [0.05, 0.1) is 10.4 Å². The van der Waals surface area contributed by atoms with Crippen molar-refractivity contribution in [2.24, 2.45) is 0 Å². The third-order valence-electron chi connectivity index (χ3n) is 2.97. The van der Waals surface area contributed by atoms with Crippen LogP contribution in [0, 0.1) is 6.92 Å². The summed E-state index contributed by atoms with van der Waals surface area (Å²) in [5, 5.41) is 19.2. The van der Waals surface area contributed by atoms with Gasteiger partial charge in [-0.05, 0) is 31.4 Å². The second kappa shape index (κ2) is 3.14. The molecule has 0 spiro atoms. The van der Waals surface area contributed by atoms with E-state index in [9.17, 15) is 9.90 Å². The number of hydrogen-bond donors (Lipinski definition) is 2. The monoisotopic (exact) mass is 226 g/mol. The summed E-state index contributed by atoms with van der Waals surface area (Å²) < 4.78 is 0. The Morgan fingerprint density at radius 2 is 2.07 bits per heavy atom. The zero-order valence-corrected chi connectivity index (χ0v) is 9.01. The smallest absolute Gasteiger partial charge is 0.314 e. The molecule has 15 heavy (non-hydrogen) atoms. The molecule has 2 N–H and O–H groups in total. The first-order valence-corrected chi connectivity index (χ1v) is 5.09. The zero-order chi connectivity index (χ0) is 11.2. The van der Waals surface area contributed by atoms with E-state index in [-0.39, 0.29) is 10.8 Å². The Labute approximate surface area is 92.3 Å². The van der Waals surface area contributed by atoms with Gasteiger partial charge in [-0.15, -0.1) is 0 Å². The Morgan fingerprint density at radius 3 is 2.53 bits per heavy atom. The topological polar surface area (TPSA) is 57.5 Å². The van der Waals surface area contributed by atoms with E-state index >= 15 is 0 Å². The lowest BCUT2D eigenvalue weighted by molar-refractivity contribution is -0.140. The lowest BCUT2D eigenvalue weighted by Crippen LogP contribution is -2.20. The largest absolute Gasteiger partial charge is 0.506 e. The minimum absolute atomic E-state index is 0.0865. The van der Waals surface area contributed by atoms with Gasteiger partial charge in [-0.1, -0.05) is 17.7 Å². The van der Waals surface area contributed by atoms with Gasteiger partial charge in [0.15, 0.2) is 0 Å². The predicted molar refractivity (Wildman–Crippen MR) is 56.4 cm³/mol. The molecular weight excluding hydrogens is 216 g/mol. The summed E-state index contributed by atoms with van der Waals surface area (Å²) in [5.74, 6) is -0.972. The van der Waals surface area contributed by atoms with Crippen LogP contribution in [-0.4, -0.2) is 16.2 Å². The molecule has 0 saturated heterocycles. The van der Waals surface area contributed by atoms with E-state index in [0.29, 0.717) is 18.4 Å². The molecule has 0 atom stereocenters. The number of hydrogen-bond acceptors (Lipinski definition) is 2. The summed E-state index contributed by atoms with van der Waals surface area (Å²) in [6.45, 7) is 1.79. The van der Waals surface area contributed by atoms with E-state index in [0.717, 1.165) is 5.56 Å². The van der Waals surface area contributed by atoms with E-state index in [2.05, 4.69) is 0 Å². The number of rotatable bonds is 2. The molecule has 0 aliphatic heterocycles. The van der Waals surface area contributed by atoms with E-state index in [1.54, 1.807) is 19.1 Å². The third kappa shape index (κ3) is 1.38. The average molecular weight is 227 g/mol. The van der Waals surface area contributed by atoms with Gasteiger partial charge in [-0.25, -0.2) is 0 Å². The maximum Gasteiger partial charge on any atom is 0.314 e. The predicted octanol–water partition coefficient (Wildman–Crippen LogP) is 2.47. The van der Waals surface area contributed by atoms with E-state index in [4.69, 9.17) is 16.7 Å². The Bertz CT molecular complexity index is 436. The average Bonchev–Trinajstić information content (AvgIpc) is 2.93. The lowest BCUT2D eigenvalue weighted by Gasteiger charge is -2.16. The molecule has 0 amide bonds. The van der Waals surface area contributed by atoms with Crippen LogP contribution in [0.3, 0.4) is 0 Å². The van der Waals surface area contributed by atoms with Gasteiger partial charge >= 0.3 is 5.97 Å². The highest BCUT2D eigenvalue weighted by atomic mass is 35.5. The van der Waals surface area contributed by atoms with Crippen LogP contribution in [0.1, 0.15) is 24.0 Å². The molecular formula is C11H11ClO3. The summed E-state index contributed by atoms with van der Waals surface area (Å²) >= 11 is 5.78. The first-order chi connectivity index (χ1) is 6.99. The summed E-state index contributed by atoms with van der Waals surface area (Å²) in [5.41, 5.74) is 0.346. The van der Waals surface area contributed by atoms with Crippen LogP contribution < -0.4 is 0 Å². The van der Waals surface area contributed by atoms with Crippen LogP contribution in [-0.2, 0) is 10.2 Å². The standard InChI is InChI=1S/C11H11ClO3/c1-6-2-3-7(12)9(13)8(6)11(4-5-11)10(14)15/h2-3,13H,4-5H2,1H3,(H,14,15). The summed E-state index contributed by atoms with van der Waals surface area (Å²) in [6, 6.07) is 3.31. The van der Waals surface area contributed by atoms with Crippen LogP contribution in [0.4, 0.5) is 0 Å². The molecule has 4 heteroatoms. The molecule has 1 aliphatic rings. The van der Waals surface area contributed by atoms with Gasteiger partial charge in [0, 0.05) is 5.56 Å². The molecule has 3 nitrogen and oxygen atoms in total. The fourth-order valence-electron chi connectivity index (χ4n) is 1.97. The molecule has 1 aliphatic carbocycles. The molecule has 0 unspecified atom stereocenters. The molecule has 80 valence electrons. The summed E-state index contributed by atoms with van der Waals surface area (Å²) in [4.78, 5) is 11.1. The SMILES string of the molecule is Cc1ccc(Cl)c(O)c1C1(C(=O)O)CC1. The number of phenolic OH excluding ortho intramolecular Hbond substituents is 1. The highest BCUT2D eigenvalue weighted by molar-refractivity contribution is 6.32. The zero-order valence-electron chi connectivity index (χ0n) is 8.25. The van der Waals surface area contributed by atoms with Crippen LogP contribution in [0.25, 0.3) is 0 Å².